The molecule has 1 unspecified atom stereocenters. The van der Waals surface area contributed by atoms with Crippen molar-refractivity contribution in [2.75, 3.05) is 25.0 Å². The summed E-state index contributed by atoms with van der Waals surface area (Å²) in [7, 11) is 0. The molecule has 0 aromatic heterocycles. The Morgan fingerprint density at radius 1 is 1.07 bits per heavy atom. The van der Waals surface area contributed by atoms with Crippen molar-refractivity contribution in [3.63, 3.8) is 0 Å². The van der Waals surface area contributed by atoms with E-state index < -0.39 is 0 Å². The molecule has 3 nitrogen and oxygen atoms in total. The van der Waals surface area contributed by atoms with E-state index in [1.165, 1.54) is 18.4 Å². The zero-order chi connectivity index (χ0) is 20.7. The number of nitrogens with zero attached hydrogens (tertiary/aromatic N) is 1. The Hall–Kier alpha value is -0.736. The van der Waals surface area contributed by atoms with Crippen molar-refractivity contribution in [2.45, 2.75) is 53.5 Å². The number of halogens is 1. The number of anilines is 1. The Bertz CT molecular complexity index is 766. The summed E-state index contributed by atoms with van der Waals surface area (Å²) >= 11 is 6.05. The summed E-state index contributed by atoms with van der Waals surface area (Å²) in [6.45, 7) is 13.6. The third-order valence-electron chi connectivity index (χ3n) is 5.97. The fourth-order valence-corrected chi connectivity index (χ4v) is 4.39. The van der Waals surface area contributed by atoms with E-state index in [1.807, 2.05) is 44.2 Å². The minimum atomic E-state index is -0.00743. The summed E-state index contributed by atoms with van der Waals surface area (Å²) in [4.78, 5) is 12.7. The molecular formula is C24H34ClN2OY+. The molecule has 1 aliphatic rings. The van der Waals surface area contributed by atoms with Gasteiger partial charge in [-0.3, -0.25) is 4.79 Å². The van der Waals surface area contributed by atoms with Crippen LogP contribution in [0.25, 0.3) is 0 Å². The average Bonchev–Trinajstić information content (AvgIpc) is 3.15. The number of hydrogen-bond acceptors (Lipinski definition) is 1. The predicted molar refractivity (Wildman–Crippen MR) is 120 cm³/mol. The number of quaternary nitrogens is 1. The molecule has 2 aromatic carbocycles. The average molecular weight is 491 g/mol. The third-order valence-corrected chi connectivity index (χ3v) is 6.19. The molecule has 1 atom stereocenters. The Balaban J connectivity index is 0.000000445. The smallest absolute Gasteiger partial charge is 0.282 e. The molecule has 2 aromatic rings. The maximum absolute atomic E-state index is 12.7. The molecule has 3 rings (SSSR count). The van der Waals surface area contributed by atoms with E-state index >= 15 is 0 Å². The van der Waals surface area contributed by atoms with Gasteiger partial charge in [-0.1, -0.05) is 47.5 Å². The molecule has 29 heavy (non-hydrogen) atoms. The number of aryl methyl sites for hydroxylation is 3. The van der Waals surface area contributed by atoms with Crippen LogP contribution in [0.4, 0.5) is 5.69 Å². The van der Waals surface area contributed by atoms with E-state index in [0.29, 0.717) is 5.02 Å². The van der Waals surface area contributed by atoms with Crippen LogP contribution in [0.3, 0.4) is 0 Å². The van der Waals surface area contributed by atoms with Crippen LogP contribution in [0.1, 0.15) is 43.4 Å². The van der Waals surface area contributed by atoms with Gasteiger partial charge in [0.2, 0.25) is 0 Å². The number of rotatable bonds is 4. The zero-order valence-electron chi connectivity index (χ0n) is 18.5. The Kier molecular flexibility index (Phi) is 11.1. The van der Waals surface area contributed by atoms with Crippen LogP contribution >= 0.6 is 11.6 Å². The molecule has 0 spiro atoms. The molecule has 1 saturated heterocycles. The van der Waals surface area contributed by atoms with Crippen LogP contribution in [0.2, 0.25) is 5.02 Å². The maximum atomic E-state index is 12.7. The van der Waals surface area contributed by atoms with Gasteiger partial charge in [-0.15, -0.1) is 0 Å². The van der Waals surface area contributed by atoms with Gasteiger partial charge in [-0.2, -0.15) is 0 Å². The molecule has 0 bridgehead atoms. The monoisotopic (exact) mass is 490 g/mol. The molecule has 5 heteroatoms. The molecule has 1 aliphatic heterocycles. The Morgan fingerprint density at radius 2 is 1.59 bits per heavy atom. The zero-order valence-corrected chi connectivity index (χ0v) is 22.1. The van der Waals surface area contributed by atoms with Crippen molar-refractivity contribution in [3.05, 3.63) is 64.2 Å². The molecule has 1 amide bonds. The van der Waals surface area contributed by atoms with Gasteiger partial charge in [-0.05, 0) is 57.9 Å². The summed E-state index contributed by atoms with van der Waals surface area (Å²) in [6.07, 6.45) is 2.45. The van der Waals surface area contributed by atoms with Crippen molar-refractivity contribution in [3.8, 4) is 0 Å². The van der Waals surface area contributed by atoms with Gasteiger partial charge >= 0.3 is 0 Å². The van der Waals surface area contributed by atoms with E-state index in [-0.39, 0.29) is 44.7 Å². The van der Waals surface area contributed by atoms with Gasteiger partial charge < -0.3 is 9.80 Å². The van der Waals surface area contributed by atoms with E-state index in [9.17, 15) is 4.79 Å². The summed E-state index contributed by atoms with van der Waals surface area (Å²) in [6, 6.07) is 14.0. The van der Waals surface area contributed by atoms with E-state index in [4.69, 9.17) is 11.6 Å². The topological polar surface area (TPSA) is 29.1 Å². The van der Waals surface area contributed by atoms with Gasteiger partial charge in [0.05, 0.1) is 19.6 Å². The first kappa shape index (κ1) is 26.3. The number of benzene rings is 2. The second-order valence-corrected chi connectivity index (χ2v) is 8.36. The number of carbonyl (C=O) groups excluding carboxylic acids is 1. The molecule has 0 aliphatic carbocycles. The van der Waals surface area contributed by atoms with Gasteiger partial charge in [0, 0.05) is 56.3 Å². The quantitative estimate of drug-likeness (QED) is 0.531. The van der Waals surface area contributed by atoms with E-state index in [2.05, 4.69) is 38.2 Å². The summed E-state index contributed by atoms with van der Waals surface area (Å²) < 4.78 is 0.914. The molecule has 155 valence electrons. The maximum Gasteiger partial charge on any atom is 0.282 e. The largest absolute Gasteiger partial charge is 0.320 e. The fraction of sp³-hybridized carbons (Fsp3) is 0.458. The minimum absolute atomic E-state index is 0. The number of likely N-dealkylation sites (N-methyl/N-ethyl adjacent to an activating group) is 1. The van der Waals surface area contributed by atoms with Crippen molar-refractivity contribution < 1.29 is 42.0 Å². The number of nitrogens with one attached hydrogen (secondary N) is 1. The first-order valence-corrected chi connectivity index (χ1v) is 10.6. The molecule has 0 saturated carbocycles. The van der Waals surface area contributed by atoms with Crippen molar-refractivity contribution in [2.24, 2.45) is 0 Å². The molecule has 1 fully saturated rings. The summed E-state index contributed by atoms with van der Waals surface area (Å²) in [5, 5.41) is 3.84. The van der Waals surface area contributed by atoms with Crippen molar-refractivity contribution in [1.82, 2.24) is 0 Å². The van der Waals surface area contributed by atoms with Gasteiger partial charge in [0.25, 0.3) is 5.91 Å². The Morgan fingerprint density at radius 3 is 2.00 bits per heavy atom. The standard InChI is InChI=1S/C17H25ClN2O.C7H8.Y/c1-5-20(8-6-7-9-20)14(4)17(21)19-16-12(2)10-15(18)11-13(16)3;1-7-5-3-2-4-6-7;/h10-11,14H,5-9H2,1-4H3;2-6H,1H3;/p+1. The number of hydrogen-bond donors (Lipinski definition) is 1. The Labute approximate surface area is 206 Å². The summed E-state index contributed by atoms with van der Waals surface area (Å²) in [5.41, 5.74) is 4.27. The fourth-order valence-electron chi connectivity index (χ4n) is 4.06. The number of amides is 1. The van der Waals surface area contributed by atoms with Crippen molar-refractivity contribution in [1.29, 1.82) is 0 Å². The molecule has 1 radical (unpaired) electrons. The normalized spacial score (nSPS) is 15.5. The van der Waals surface area contributed by atoms with Gasteiger partial charge in [0.15, 0.2) is 6.04 Å². The molecular weight excluding hydrogens is 457 g/mol. The molecule has 1 heterocycles. The SMILES string of the molecule is CC[N+]1(C(C)C(=O)Nc2c(C)cc(Cl)cc2C)CCCC1.Cc1ccccc1.[Y]. The van der Waals surface area contributed by atoms with E-state index in [0.717, 1.165) is 40.9 Å². The van der Waals surface area contributed by atoms with Crippen LogP contribution in [-0.4, -0.2) is 36.1 Å². The summed E-state index contributed by atoms with van der Waals surface area (Å²) in [5.74, 6) is 0.118. The minimum Gasteiger partial charge on any atom is -0.320 e. The first-order chi connectivity index (χ1) is 13.3. The van der Waals surface area contributed by atoms with Crippen molar-refractivity contribution >= 4 is 23.2 Å². The second kappa shape index (κ2) is 12.2. The van der Waals surface area contributed by atoms with Crippen LogP contribution in [0, 0.1) is 20.8 Å². The van der Waals surface area contributed by atoms with Gasteiger partial charge in [-0.25, -0.2) is 0 Å². The van der Waals surface area contributed by atoms with Crippen LogP contribution in [0.15, 0.2) is 42.5 Å². The predicted octanol–water partition coefficient (Wildman–Crippen LogP) is 5.91. The number of carbonyl (C=O) groups is 1. The third kappa shape index (κ3) is 7.17. The van der Waals surface area contributed by atoms with Crippen LogP contribution in [-0.2, 0) is 37.5 Å². The molecule has 1 N–H and O–H groups in total. The first-order valence-electron chi connectivity index (χ1n) is 10.2. The second-order valence-electron chi connectivity index (χ2n) is 7.92. The number of likely N-dealkylation sites (tertiary alicyclic amines) is 1. The van der Waals surface area contributed by atoms with E-state index in [1.54, 1.807) is 0 Å². The van der Waals surface area contributed by atoms with Crippen LogP contribution < -0.4 is 5.32 Å². The van der Waals surface area contributed by atoms with Gasteiger partial charge in [0.1, 0.15) is 0 Å². The van der Waals surface area contributed by atoms with Crippen LogP contribution in [0.5, 0.6) is 0 Å².